The Morgan fingerprint density at radius 3 is 2.48 bits per heavy atom. The highest BCUT2D eigenvalue weighted by Gasteiger charge is 2.32. The highest BCUT2D eigenvalue weighted by Crippen LogP contribution is 2.32. The van der Waals surface area contributed by atoms with Crippen molar-refractivity contribution in [1.29, 1.82) is 0 Å². The lowest BCUT2D eigenvalue weighted by Crippen LogP contribution is -2.49. The maximum Gasteiger partial charge on any atom is 0.407 e. The Hall–Kier alpha value is -2.28. The molecule has 7 heteroatoms. The minimum absolute atomic E-state index is 0.0445. The Morgan fingerprint density at radius 1 is 1.16 bits per heavy atom. The van der Waals surface area contributed by atoms with E-state index in [-0.39, 0.29) is 12.1 Å². The number of benzene rings is 1. The fourth-order valence-electron chi connectivity index (χ4n) is 4.21. The van der Waals surface area contributed by atoms with Crippen molar-refractivity contribution in [3.63, 3.8) is 0 Å². The maximum atomic E-state index is 11.8. The smallest absolute Gasteiger partial charge is 0.407 e. The van der Waals surface area contributed by atoms with Crippen LogP contribution in [0.15, 0.2) is 35.3 Å². The van der Waals surface area contributed by atoms with Gasteiger partial charge in [-0.1, -0.05) is 30.3 Å². The van der Waals surface area contributed by atoms with Gasteiger partial charge in [-0.15, -0.1) is 0 Å². The zero-order valence-corrected chi connectivity index (χ0v) is 19.3. The van der Waals surface area contributed by atoms with Crippen LogP contribution in [0.4, 0.5) is 4.79 Å². The molecule has 0 radical (unpaired) electrons. The van der Waals surface area contributed by atoms with Crippen LogP contribution >= 0.6 is 0 Å². The number of aliphatic imine (C=N–C) groups is 1. The third kappa shape index (κ3) is 7.42. The van der Waals surface area contributed by atoms with Gasteiger partial charge >= 0.3 is 6.09 Å². The predicted molar refractivity (Wildman–Crippen MR) is 125 cm³/mol. The lowest BCUT2D eigenvalue weighted by molar-refractivity contribution is 0.147. The number of guanidine groups is 1. The summed E-state index contributed by atoms with van der Waals surface area (Å²) in [5, 5.41) is 9.97. The van der Waals surface area contributed by atoms with E-state index in [1.165, 1.54) is 5.56 Å². The Labute approximate surface area is 187 Å². The molecule has 2 unspecified atom stereocenters. The second kappa shape index (κ2) is 11.9. The molecule has 0 spiro atoms. The molecule has 1 amide bonds. The molecule has 0 aromatic heterocycles. The molecule has 1 aromatic rings. The molecule has 2 fully saturated rings. The van der Waals surface area contributed by atoms with Crippen molar-refractivity contribution in [2.75, 3.05) is 32.8 Å². The first kappa shape index (κ1) is 23.4. The van der Waals surface area contributed by atoms with Gasteiger partial charge in [0.1, 0.15) is 0 Å². The van der Waals surface area contributed by atoms with E-state index in [0.29, 0.717) is 31.2 Å². The van der Waals surface area contributed by atoms with Crippen molar-refractivity contribution in [2.24, 2.45) is 10.9 Å². The number of rotatable bonds is 9. The molecule has 3 N–H and O–H groups in total. The summed E-state index contributed by atoms with van der Waals surface area (Å²) in [7, 11) is 0. The molecule has 1 saturated carbocycles. The topological polar surface area (TPSA) is 78.0 Å². The molecule has 1 saturated heterocycles. The van der Waals surface area contributed by atoms with E-state index in [1.54, 1.807) is 0 Å². The summed E-state index contributed by atoms with van der Waals surface area (Å²) in [6.45, 7) is 10.1. The van der Waals surface area contributed by atoms with Crippen molar-refractivity contribution in [3.05, 3.63) is 35.9 Å². The van der Waals surface area contributed by atoms with Gasteiger partial charge in [0.2, 0.25) is 0 Å². The summed E-state index contributed by atoms with van der Waals surface area (Å²) in [6.07, 6.45) is 4.14. The number of alkyl carbamates (subject to hydrolysis) is 1. The van der Waals surface area contributed by atoms with Gasteiger partial charge in [-0.25, -0.2) is 4.79 Å². The van der Waals surface area contributed by atoms with Crippen LogP contribution in [0.5, 0.6) is 0 Å². The van der Waals surface area contributed by atoms with Crippen LogP contribution in [0.2, 0.25) is 0 Å². The number of likely N-dealkylation sites (tertiary alicyclic amines) is 1. The van der Waals surface area contributed by atoms with Crippen LogP contribution in [0, 0.1) is 5.92 Å². The number of carbonyl (C=O) groups is 1. The predicted octanol–water partition coefficient (Wildman–Crippen LogP) is 3.29. The summed E-state index contributed by atoms with van der Waals surface area (Å²) >= 11 is 0. The van der Waals surface area contributed by atoms with Gasteiger partial charge in [0, 0.05) is 31.7 Å². The minimum Gasteiger partial charge on any atom is -0.450 e. The second-order valence-electron chi connectivity index (χ2n) is 8.57. The summed E-state index contributed by atoms with van der Waals surface area (Å²) in [5.74, 6) is 1.35. The van der Waals surface area contributed by atoms with E-state index in [2.05, 4.69) is 65.0 Å². The molecule has 1 aliphatic heterocycles. The summed E-state index contributed by atoms with van der Waals surface area (Å²) in [6, 6.07) is 11.6. The highest BCUT2D eigenvalue weighted by atomic mass is 16.5. The van der Waals surface area contributed by atoms with Gasteiger partial charge in [-0.2, -0.15) is 0 Å². The first-order valence-electron chi connectivity index (χ1n) is 11.9. The number of hydrogen-bond donors (Lipinski definition) is 3. The number of amides is 1. The van der Waals surface area contributed by atoms with Crippen molar-refractivity contribution >= 4 is 12.1 Å². The number of piperidine rings is 1. The molecule has 172 valence electrons. The first-order valence-corrected chi connectivity index (χ1v) is 11.9. The molecule has 7 nitrogen and oxygen atoms in total. The Bertz CT molecular complexity index is 699. The molecular weight excluding hydrogens is 390 g/mol. The van der Waals surface area contributed by atoms with Gasteiger partial charge in [-0.05, 0) is 57.9 Å². The van der Waals surface area contributed by atoms with E-state index in [0.717, 1.165) is 51.3 Å². The monoisotopic (exact) mass is 429 g/mol. The quantitative estimate of drug-likeness (QED) is 0.415. The Balaban J connectivity index is 1.50. The molecule has 1 aliphatic carbocycles. The number of nitrogens with zero attached hydrogens (tertiary/aromatic N) is 2. The summed E-state index contributed by atoms with van der Waals surface area (Å²) in [5.41, 5.74) is 1.38. The van der Waals surface area contributed by atoms with Crippen LogP contribution in [0.3, 0.4) is 0 Å². The summed E-state index contributed by atoms with van der Waals surface area (Å²) in [4.78, 5) is 19.2. The standard InChI is InChI=1S/C24H39N5O2/c1-4-25-23(26-17-22(20-11-12-20)28-24(30)31-5-2)27-21-13-15-29(16-14-21)18(3)19-9-7-6-8-10-19/h6-10,18,20-22H,4-5,11-17H2,1-3H3,(H,28,30)(H2,25,26,27). The fourth-order valence-corrected chi connectivity index (χ4v) is 4.21. The number of nitrogens with one attached hydrogen (secondary N) is 3. The zero-order valence-electron chi connectivity index (χ0n) is 19.3. The average molecular weight is 430 g/mol. The van der Waals surface area contributed by atoms with Gasteiger partial charge in [0.25, 0.3) is 0 Å². The van der Waals surface area contributed by atoms with Crippen LogP contribution in [0.25, 0.3) is 0 Å². The van der Waals surface area contributed by atoms with Crippen LogP contribution < -0.4 is 16.0 Å². The fraction of sp³-hybridized carbons (Fsp3) is 0.667. The van der Waals surface area contributed by atoms with Gasteiger partial charge in [0.15, 0.2) is 5.96 Å². The molecule has 1 aromatic carbocycles. The Kier molecular flexibility index (Phi) is 9.00. The third-order valence-corrected chi connectivity index (χ3v) is 6.26. The largest absolute Gasteiger partial charge is 0.450 e. The lowest BCUT2D eigenvalue weighted by atomic mass is 10.0. The SMILES string of the molecule is CCNC(=NCC(NC(=O)OCC)C1CC1)NC1CCN(C(C)c2ccccc2)CC1. The van der Waals surface area contributed by atoms with Crippen molar-refractivity contribution < 1.29 is 9.53 Å². The van der Waals surface area contributed by atoms with Crippen molar-refractivity contribution in [3.8, 4) is 0 Å². The maximum absolute atomic E-state index is 11.8. The molecule has 0 bridgehead atoms. The van der Waals surface area contributed by atoms with Crippen LogP contribution in [-0.4, -0.2) is 61.8 Å². The number of hydrogen-bond acceptors (Lipinski definition) is 4. The molecule has 3 rings (SSSR count). The first-order chi connectivity index (χ1) is 15.1. The minimum atomic E-state index is -0.340. The van der Waals surface area contributed by atoms with Gasteiger partial charge in [-0.3, -0.25) is 9.89 Å². The van der Waals surface area contributed by atoms with E-state index in [4.69, 9.17) is 9.73 Å². The molecule has 31 heavy (non-hydrogen) atoms. The molecule has 1 heterocycles. The molecule has 2 atom stereocenters. The number of ether oxygens (including phenoxy) is 1. The van der Waals surface area contributed by atoms with E-state index >= 15 is 0 Å². The van der Waals surface area contributed by atoms with Gasteiger partial charge < -0.3 is 20.7 Å². The van der Waals surface area contributed by atoms with Crippen molar-refractivity contribution in [2.45, 2.75) is 64.6 Å². The zero-order chi connectivity index (χ0) is 22.1. The summed E-state index contributed by atoms with van der Waals surface area (Å²) < 4.78 is 5.05. The number of carbonyl (C=O) groups excluding carboxylic acids is 1. The van der Waals surface area contributed by atoms with Crippen molar-refractivity contribution in [1.82, 2.24) is 20.9 Å². The Morgan fingerprint density at radius 2 is 1.87 bits per heavy atom. The third-order valence-electron chi connectivity index (χ3n) is 6.26. The van der Waals surface area contributed by atoms with Crippen LogP contribution in [0.1, 0.15) is 58.1 Å². The van der Waals surface area contributed by atoms with E-state index in [1.807, 2.05) is 6.92 Å². The lowest BCUT2D eigenvalue weighted by Gasteiger charge is -2.37. The average Bonchev–Trinajstić information content (AvgIpc) is 3.63. The second-order valence-corrected chi connectivity index (χ2v) is 8.57. The highest BCUT2D eigenvalue weighted by molar-refractivity contribution is 5.80. The van der Waals surface area contributed by atoms with Gasteiger partial charge in [0.05, 0.1) is 19.2 Å². The molecule has 2 aliphatic rings. The van der Waals surface area contributed by atoms with E-state index in [9.17, 15) is 4.79 Å². The van der Waals surface area contributed by atoms with E-state index < -0.39 is 0 Å². The molecular formula is C24H39N5O2. The normalized spacial score (nSPS) is 20.0. The van der Waals surface area contributed by atoms with Crippen LogP contribution in [-0.2, 0) is 4.74 Å².